The first-order valence-corrected chi connectivity index (χ1v) is 7.13. The van der Waals surface area contributed by atoms with Crippen molar-refractivity contribution in [1.82, 2.24) is 10.2 Å². The van der Waals surface area contributed by atoms with E-state index in [1.807, 2.05) is 6.92 Å². The lowest BCUT2D eigenvalue weighted by Gasteiger charge is -2.29. The molecule has 21 heavy (non-hydrogen) atoms. The summed E-state index contributed by atoms with van der Waals surface area (Å²) in [4.78, 5) is 14.2. The molecule has 1 aromatic rings. The molecule has 6 heteroatoms. The molecule has 1 aliphatic heterocycles. The van der Waals surface area contributed by atoms with E-state index >= 15 is 0 Å². The topological polar surface area (TPSA) is 61.8 Å². The number of halogens is 1. The van der Waals surface area contributed by atoms with Crippen LogP contribution in [0.25, 0.3) is 0 Å². The van der Waals surface area contributed by atoms with Crippen LogP contribution in [0.15, 0.2) is 18.2 Å². The van der Waals surface area contributed by atoms with Crippen LogP contribution in [0.4, 0.5) is 4.39 Å². The number of phenolic OH excluding ortho intramolecular Hbond substituents is 1. The number of benzene rings is 1. The van der Waals surface area contributed by atoms with Crippen molar-refractivity contribution < 1.29 is 19.0 Å². The maximum atomic E-state index is 13.6. The minimum atomic E-state index is -0.715. The maximum absolute atomic E-state index is 13.6. The van der Waals surface area contributed by atoms with Crippen LogP contribution in [-0.4, -0.2) is 55.3 Å². The summed E-state index contributed by atoms with van der Waals surface area (Å²) in [6, 6.07) is 3.52. The highest BCUT2D eigenvalue weighted by Crippen LogP contribution is 2.15. The van der Waals surface area contributed by atoms with Gasteiger partial charge in [0.2, 0.25) is 0 Å². The standard InChI is InChI=1S/C15H21FN2O3/c1-11(10-18-4-6-21-7-5-18)9-17-15(20)13-3-2-12(19)8-14(13)16/h2-3,8,11,19H,4-7,9-10H2,1H3,(H,17,20)/t11-/m0/s1. The minimum Gasteiger partial charge on any atom is -0.508 e. The smallest absolute Gasteiger partial charge is 0.254 e. The normalized spacial score (nSPS) is 17.4. The van der Waals surface area contributed by atoms with E-state index in [2.05, 4.69) is 10.2 Å². The van der Waals surface area contributed by atoms with Gasteiger partial charge >= 0.3 is 0 Å². The lowest BCUT2D eigenvalue weighted by atomic mass is 10.1. The molecular weight excluding hydrogens is 275 g/mol. The first kappa shape index (κ1) is 15.7. The molecule has 1 aliphatic rings. The SMILES string of the molecule is C[C@@H](CNC(=O)c1ccc(O)cc1F)CN1CCOCC1. The molecular formula is C15H21FN2O3. The monoisotopic (exact) mass is 296 g/mol. The van der Waals surface area contributed by atoms with Crippen LogP contribution in [0, 0.1) is 11.7 Å². The van der Waals surface area contributed by atoms with E-state index in [-0.39, 0.29) is 17.2 Å². The average Bonchev–Trinajstić information content (AvgIpc) is 2.46. The van der Waals surface area contributed by atoms with Crippen LogP contribution in [0.2, 0.25) is 0 Å². The number of amides is 1. The van der Waals surface area contributed by atoms with Crippen molar-refractivity contribution in [3.8, 4) is 5.75 Å². The largest absolute Gasteiger partial charge is 0.508 e. The van der Waals surface area contributed by atoms with Crippen LogP contribution in [0.3, 0.4) is 0 Å². The number of nitrogens with one attached hydrogen (secondary N) is 1. The van der Waals surface area contributed by atoms with Crippen LogP contribution < -0.4 is 5.32 Å². The number of phenols is 1. The van der Waals surface area contributed by atoms with Crippen molar-refractivity contribution in [1.29, 1.82) is 0 Å². The molecule has 1 amide bonds. The fourth-order valence-corrected chi connectivity index (χ4v) is 2.34. The van der Waals surface area contributed by atoms with Gasteiger partial charge in [-0.1, -0.05) is 6.92 Å². The van der Waals surface area contributed by atoms with E-state index in [0.29, 0.717) is 6.54 Å². The first-order chi connectivity index (χ1) is 10.1. The molecule has 0 bridgehead atoms. The van der Waals surface area contributed by atoms with Crippen LogP contribution in [0.5, 0.6) is 5.75 Å². The number of carbonyl (C=O) groups is 1. The number of hydrogen-bond acceptors (Lipinski definition) is 4. The third kappa shape index (κ3) is 4.68. The van der Waals surface area contributed by atoms with Crippen LogP contribution >= 0.6 is 0 Å². The number of nitrogens with zero attached hydrogens (tertiary/aromatic N) is 1. The Labute approximate surface area is 123 Å². The van der Waals surface area contributed by atoms with Gasteiger partial charge in [0.05, 0.1) is 18.8 Å². The minimum absolute atomic E-state index is 0.0497. The fraction of sp³-hybridized carbons (Fsp3) is 0.533. The molecule has 0 spiro atoms. The van der Waals surface area contributed by atoms with Crippen molar-refractivity contribution in [3.63, 3.8) is 0 Å². The Morgan fingerprint density at radius 1 is 1.48 bits per heavy atom. The highest BCUT2D eigenvalue weighted by molar-refractivity contribution is 5.94. The van der Waals surface area contributed by atoms with E-state index < -0.39 is 11.7 Å². The van der Waals surface area contributed by atoms with Crippen LogP contribution in [-0.2, 0) is 4.74 Å². The van der Waals surface area contributed by atoms with E-state index in [4.69, 9.17) is 9.84 Å². The summed E-state index contributed by atoms with van der Waals surface area (Å²) in [6.07, 6.45) is 0. The Kier molecular flexibility index (Phi) is 5.52. The molecule has 0 aliphatic carbocycles. The van der Waals surface area contributed by atoms with E-state index in [1.165, 1.54) is 12.1 Å². The number of hydrogen-bond donors (Lipinski definition) is 2. The third-order valence-electron chi connectivity index (χ3n) is 3.48. The molecule has 0 radical (unpaired) electrons. The Hall–Kier alpha value is -1.66. The molecule has 1 fully saturated rings. The third-order valence-corrected chi connectivity index (χ3v) is 3.48. The van der Waals surface area contributed by atoms with Gasteiger partial charge in [-0.25, -0.2) is 4.39 Å². The summed E-state index contributed by atoms with van der Waals surface area (Å²) >= 11 is 0. The van der Waals surface area contributed by atoms with Gasteiger partial charge in [0.1, 0.15) is 11.6 Å². The Balaban J connectivity index is 1.80. The van der Waals surface area contributed by atoms with Crippen LogP contribution in [0.1, 0.15) is 17.3 Å². The summed E-state index contributed by atoms with van der Waals surface area (Å²) in [7, 11) is 0. The molecule has 2 N–H and O–H groups in total. The highest BCUT2D eigenvalue weighted by Gasteiger charge is 2.16. The number of aromatic hydroxyl groups is 1. The van der Waals surface area contributed by atoms with Crippen molar-refractivity contribution in [2.45, 2.75) is 6.92 Å². The second-order valence-corrected chi connectivity index (χ2v) is 5.39. The predicted molar refractivity (Wildman–Crippen MR) is 76.8 cm³/mol. The lowest BCUT2D eigenvalue weighted by molar-refractivity contribution is 0.0317. The van der Waals surface area contributed by atoms with Gasteiger partial charge < -0.3 is 15.2 Å². The van der Waals surface area contributed by atoms with Crippen molar-refractivity contribution in [2.75, 3.05) is 39.4 Å². The number of ether oxygens (including phenoxy) is 1. The Bertz CT molecular complexity index is 490. The summed E-state index contributed by atoms with van der Waals surface area (Å²) in [5.41, 5.74) is -0.0497. The number of rotatable bonds is 5. The summed E-state index contributed by atoms with van der Waals surface area (Å²) in [5.74, 6) is -1.09. The van der Waals surface area contributed by atoms with E-state index in [9.17, 15) is 9.18 Å². The highest BCUT2D eigenvalue weighted by atomic mass is 19.1. The zero-order valence-corrected chi connectivity index (χ0v) is 12.1. The number of morpholine rings is 1. The molecule has 116 valence electrons. The van der Waals surface area contributed by atoms with Gasteiger partial charge in [0.15, 0.2) is 0 Å². The molecule has 1 atom stereocenters. The molecule has 1 saturated heterocycles. The molecule has 1 aromatic carbocycles. The molecule has 0 saturated carbocycles. The molecule has 5 nitrogen and oxygen atoms in total. The fourth-order valence-electron chi connectivity index (χ4n) is 2.34. The Morgan fingerprint density at radius 3 is 2.86 bits per heavy atom. The second-order valence-electron chi connectivity index (χ2n) is 5.39. The van der Waals surface area contributed by atoms with Gasteiger partial charge in [-0.05, 0) is 18.1 Å². The molecule has 0 aromatic heterocycles. The quantitative estimate of drug-likeness (QED) is 0.858. The zero-order valence-electron chi connectivity index (χ0n) is 12.1. The average molecular weight is 296 g/mol. The molecule has 0 unspecified atom stereocenters. The predicted octanol–water partition coefficient (Wildman–Crippen LogP) is 1.23. The van der Waals surface area contributed by atoms with Crippen molar-refractivity contribution >= 4 is 5.91 Å². The summed E-state index contributed by atoms with van der Waals surface area (Å²) in [6.45, 7) is 6.71. The van der Waals surface area contributed by atoms with Crippen molar-refractivity contribution in [3.05, 3.63) is 29.6 Å². The lowest BCUT2D eigenvalue weighted by Crippen LogP contribution is -2.41. The van der Waals surface area contributed by atoms with Gasteiger partial charge in [0, 0.05) is 32.2 Å². The van der Waals surface area contributed by atoms with Gasteiger partial charge in [0.25, 0.3) is 5.91 Å². The maximum Gasteiger partial charge on any atom is 0.254 e. The number of carbonyl (C=O) groups excluding carboxylic acids is 1. The van der Waals surface area contributed by atoms with Gasteiger partial charge in [-0.15, -0.1) is 0 Å². The first-order valence-electron chi connectivity index (χ1n) is 7.13. The van der Waals surface area contributed by atoms with Crippen molar-refractivity contribution in [2.24, 2.45) is 5.92 Å². The zero-order chi connectivity index (χ0) is 15.2. The van der Waals surface area contributed by atoms with Gasteiger partial charge in [-0.2, -0.15) is 0 Å². The van der Waals surface area contributed by atoms with E-state index in [0.717, 1.165) is 38.9 Å². The molecule has 1 heterocycles. The summed E-state index contributed by atoms with van der Waals surface area (Å²) < 4.78 is 18.8. The van der Waals surface area contributed by atoms with E-state index in [1.54, 1.807) is 0 Å². The van der Waals surface area contributed by atoms with Gasteiger partial charge in [-0.3, -0.25) is 9.69 Å². The second kappa shape index (κ2) is 7.38. The molecule has 2 rings (SSSR count). The summed E-state index contributed by atoms with van der Waals surface area (Å²) in [5, 5.41) is 11.9. The Morgan fingerprint density at radius 2 is 2.19 bits per heavy atom.